The first-order chi connectivity index (χ1) is 4.54. The summed E-state index contributed by atoms with van der Waals surface area (Å²) in [5.41, 5.74) is 0. The van der Waals surface area contributed by atoms with Crippen LogP contribution in [0.4, 0.5) is 0 Å². The van der Waals surface area contributed by atoms with E-state index in [1.165, 1.54) is 7.11 Å². The molecule has 3 nitrogen and oxygen atoms in total. The Morgan fingerprint density at radius 1 is 1.70 bits per heavy atom. The molecule has 0 spiro atoms. The fraction of sp³-hybridized carbons (Fsp3) is 0.571. The van der Waals surface area contributed by atoms with Crippen molar-refractivity contribution in [3.8, 4) is 0 Å². The maximum Gasteiger partial charge on any atom is 0.329 e. The summed E-state index contributed by atoms with van der Waals surface area (Å²) in [6.07, 6.45) is 0.944. The van der Waals surface area contributed by atoms with Crippen molar-refractivity contribution in [1.82, 2.24) is 0 Å². The number of carbonyl (C=O) groups is 1. The van der Waals surface area contributed by atoms with Crippen molar-refractivity contribution in [3.63, 3.8) is 0 Å². The number of methoxy groups -OCH3 is 1. The molecule has 0 fully saturated rings. The van der Waals surface area contributed by atoms with Gasteiger partial charge in [-0.05, 0) is 13.8 Å². The molecule has 0 aliphatic rings. The Hall–Kier alpha value is -0.830. The molecule has 0 aromatic rings. The Balaban J connectivity index is 0. The Morgan fingerprint density at radius 3 is 2.00 bits per heavy atom. The molecule has 0 rings (SSSR count). The van der Waals surface area contributed by atoms with Crippen LogP contribution in [0.3, 0.4) is 0 Å². The van der Waals surface area contributed by atoms with Crippen LogP contribution in [-0.2, 0) is 9.53 Å². The molecule has 0 saturated carbocycles. The normalized spacial score (nSPS) is 7.70. The van der Waals surface area contributed by atoms with Crippen LogP contribution in [-0.4, -0.2) is 24.3 Å². The van der Waals surface area contributed by atoms with Gasteiger partial charge in [-0.1, -0.05) is 6.58 Å². The van der Waals surface area contributed by atoms with Crippen LogP contribution in [0.2, 0.25) is 0 Å². The minimum atomic E-state index is -0.394. The second-order valence-corrected chi connectivity index (χ2v) is 1.82. The quantitative estimate of drug-likeness (QED) is 0.438. The maximum absolute atomic E-state index is 9.84. The Bertz CT molecular complexity index is 94.3. The summed E-state index contributed by atoms with van der Waals surface area (Å²) in [7, 11) is 1.31. The van der Waals surface area contributed by atoms with Crippen molar-refractivity contribution in [2.24, 2.45) is 0 Å². The van der Waals surface area contributed by atoms with Gasteiger partial charge < -0.3 is 9.84 Å². The van der Waals surface area contributed by atoms with Crippen LogP contribution in [0, 0.1) is 0 Å². The number of esters is 1. The lowest BCUT2D eigenvalue weighted by molar-refractivity contribution is -0.134. The molecule has 3 heteroatoms. The van der Waals surface area contributed by atoms with Crippen molar-refractivity contribution in [1.29, 1.82) is 0 Å². The van der Waals surface area contributed by atoms with Crippen molar-refractivity contribution >= 4 is 5.97 Å². The largest absolute Gasteiger partial charge is 0.466 e. The van der Waals surface area contributed by atoms with E-state index >= 15 is 0 Å². The topological polar surface area (TPSA) is 46.5 Å². The lowest BCUT2D eigenvalue weighted by Crippen LogP contribution is -1.91. The molecule has 1 N–H and O–H groups in total. The summed E-state index contributed by atoms with van der Waals surface area (Å²) in [5.74, 6) is -0.394. The third kappa shape index (κ3) is 27.2. The number of ether oxygens (including phenoxy) is 1. The highest BCUT2D eigenvalue weighted by atomic mass is 16.5. The molecule has 0 aliphatic carbocycles. The first-order valence-corrected chi connectivity index (χ1v) is 2.93. The minimum absolute atomic E-state index is 0.167. The highest BCUT2D eigenvalue weighted by Crippen LogP contribution is 1.67. The highest BCUT2D eigenvalue weighted by Gasteiger charge is 1.81. The summed E-state index contributed by atoms with van der Waals surface area (Å²) in [5, 5.41) is 8.06. The smallest absolute Gasteiger partial charge is 0.329 e. The van der Waals surface area contributed by atoms with Gasteiger partial charge in [-0.15, -0.1) is 0 Å². The molecule has 0 heterocycles. The van der Waals surface area contributed by atoms with Crippen molar-refractivity contribution < 1.29 is 14.6 Å². The second kappa shape index (κ2) is 8.17. The second-order valence-electron chi connectivity index (χ2n) is 1.82. The third-order valence-electron chi connectivity index (χ3n) is 0.368. The van der Waals surface area contributed by atoms with Gasteiger partial charge in [0.15, 0.2) is 0 Å². The highest BCUT2D eigenvalue weighted by molar-refractivity contribution is 5.80. The van der Waals surface area contributed by atoms with Crippen molar-refractivity contribution in [3.05, 3.63) is 12.7 Å². The van der Waals surface area contributed by atoms with Gasteiger partial charge in [-0.3, -0.25) is 0 Å². The van der Waals surface area contributed by atoms with Crippen LogP contribution >= 0.6 is 0 Å². The first kappa shape index (κ1) is 11.9. The molecule has 0 unspecified atom stereocenters. The molecule has 0 aromatic carbocycles. The number of hydrogen-bond donors (Lipinski definition) is 1. The zero-order chi connectivity index (χ0) is 8.57. The van der Waals surface area contributed by atoms with Crippen LogP contribution in [0.15, 0.2) is 12.7 Å². The van der Waals surface area contributed by atoms with Crippen LogP contribution < -0.4 is 0 Å². The van der Waals surface area contributed by atoms with Crippen LogP contribution in [0.25, 0.3) is 0 Å². The van der Waals surface area contributed by atoms with E-state index in [4.69, 9.17) is 5.11 Å². The predicted octanol–water partition coefficient (Wildman–Crippen LogP) is 0.732. The Morgan fingerprint density at radius 2 is 2.00 bits per heavy atom. The van der Waals surface area contributed by atoms with Gasteiger partial charge >= 0.3 is 5.97 Å². The van der Waals surface area contributed by atoms with E-state index in [0.717, 1.165) is 6.08 Å². The van der Waals surface area contributed by atoms with Gasteiger partial charge in [0.2, 0.25) is 0 Å². The molecule has 0 amide bonds. The van der Waals surface area contributed by atoms with E-state index < -0.39 is 5.97 Å². The molecule has 0 bridgehead atoms. The van der Waals surface area contributed by atoms with Crippen LogP contribution in [0.5, 0.6) is 0 Å². The maximum atomic E-state index is 9.84. The summed E-state index contributed by atoms with van der Waals surface area (Å²) < 4.78 is 4.14. The summed E-state index contributed by atoms with van der Waals surface area (Å²) in [6, 6.07) is 0. The van der Waals surface area contributed by atoms with Crippen molar-refractivity contribution in [2.75, 3.05) is 7.11 Å². The predicted molar refractivity (Wildman–Crippen MR) is 39.6 cm³/mol. The molecule has 0 atom stereocenters. The first-order valence-electron chi connectivity index (χ1n) is 2.93. The number of hydrogen-bond acceptors (Lipinski definition) is 3. The summed E-state index contributed by atoms with van der Waals surface area (Å²) in [4.78, 5) is 9.84. The lowest BCUT2D eigenvalue weighted by atomic mass is 10.5. The number of rotatable bonds is 1. The SMILES string of the molecule is C=CC(=O)OC.CC(C)O. The van der Waals surface area contributed by atoms with Crippen molar-refractivity contribution in [2.45, 2.75) is 20.0 Å². The van der Waals surface area contributed by atoms with Gasteiger partial charge in [0, 0.05) is 12.2 Å². The number of carbonyl (C=O) groups excluding carboxylic acids is 1. The molecule has 0 aromatic heterocycles. The van der Waals surface area contributed by atoms with E-state index in [1.807, 2.05) is 0 Å². The molecular formula is C7H14O3. The molecule has 10 heavy (non-hydrogen) atoms. The lowest BCUT2D eigenvalue weighted by Gasteiger charge is -1.83. The molecular weight excluding hydrogens is 132 g/mol. The van der Waals surface area contributed by atoms with Gasteiger partial charge in [0.1, 0.15) is 0 Å². The summed E-state index contributed by atoms with van der Waals surface area (Å²) in [6.45, 7) is 6.60. The fourth-order valence-corrected chi connectivity index (χ4v) is 0.0833. The standard InChI is InChI=1S/C4H6O2.C3H8O/c1-3-4(5)6-2;1-3(2)4/h3H,1H2,2H3;3-4H,1-2H3. The van der Waals surface area contributed by atoms with Gasteiger partial charge in [0.25, 0.3) is 0 Å². The molecule has 0 aliphatic heterocycles. The molecule has 0 radical (unpaired) electrons. The Kier molecular flexibility index (Phi) is 9.73. The van der Waals surface area contributed by atoms with Gasteiger partial charge in [-0.2, -0.15) is 0 Å². The average Bonchev–Trinajstić information content (AvgIpc) is 1.85. The number of aliphatic hydroxyl groups excluding tert-OH is 1. The number of aliphatic hydroxyl groups is 1. The zero-order valence-corrected chi connectivity index (χ0v) is 6.63. The average molecular weight is 146 g/mol. The molecule has 0 saturated heterocycles. The van der Waals surface area contributed by atoms with E-state index in [1.54, 1.807) is 13.8 Å². The van der Waals surface area contributed by atoms with E-state index in [2.05, 4.69) is 11.3 Å². The zero-order valence-electron chi connectivity index (χ0n) is 6.63. The van der Waals surface area contributed by atoms with E-state index in [9.17, 15) is 4.79 Å². The summed E-state index contributed by atoms with van der Waals surface area (Å²) >= 11 is 0. The van der Waals surface area contributed by atoms with Gasteiger partial charge in [0.05, 0.1) is 7.11 Å². The monoisotopic (exact) mass is 146 g/mol. The van der Waals surface area contributed by atoms with Crippen LogP contribution in [0.1, 0.15) is 13.8 Å². The molecule has 60 valence electrons. The fourth-order valence-electron chi connectivity index (χ4n) is 0.0833. The Labute approximate surface area is 61.3 Å². The van der Waals surface area contributed by atoms with E-state index in [-0.39, 0.29) is 6.10 Å². The van der Waals surface area contributed by atoms with Gasteiger partial charge in [-0.25, -0.2) is 4.79 Å². The minimum Gasteiger partial charge on any atom is -0.466 e. The third-order valence-corrected chi connectivity index (χ3v) is 0.368. The van der Waals surface area contributed by atoms with E-state index in [0.29, 0.717) is 0 Å².